The van der Waals surface area contributed by atoms with Gasteiger partial charge < -0.3 is 19.5 Å². The lowest BCUT2D eigenvalue weighted by atomic mass is 10.1. The molecule has 0 radical (unpaired) electrons. The topological polar surface area (TPSA) is 108 Å². The first-order valence-corrected chi connectivity index (χ1v) is 6.37. The van der Waals surface area contributed by atoms with Crippen molar-refractivity contribution in [3.05, 3.63) is 0 Å². The van der Waals surface area contributed by atoms with Gasteiger partial charge in [-0.15, -0.1) is 0 Å². The molecule has 0 aromatic carbocycles. The lowest BCUT2D eigenvalue weighted by Crippen LogP contribution is -2.44. The van der Waals surface area contributed by atoms with E-state index in [0.717, 1.165) is 0 Å². The average molecular weight is 303 g/mol. The molecule has 0 aliphatic heterocycles. The standard InChI is InChI=1S/C13H21NO7/c1-8(7-11(16)20-3)12(17)14-9(13(18)21-4)5-6-10(15)19-2/h8-9H,5-7H2,1-4H3,(H,14,17)/t8-,9+/m1/s1. The highest BCUT2D eigenvalue weighted by atomic mass is 16.5. The molecule has 1 N–H and O–H groups in total. The van der Waals surface area contributed by atoms with Gasteiger partial charge in [-0.1, -0.05) is 6.92 Å². The Morgan fingerprint density at radius 1 is 0.952 bits per heavy atom. The summed E-state index contributed by atoms with van der Waals surface area (Å²) >= 11 is 0. The van der Waals surface area contributed by atoms with Crippen molar-refractivity contribution in [3.8, 4) is 0 Å². The molecule has 0 aromatic heterocycles. The molecule has 0 aliphatic rings. The van der Waals surface area contributed by atoms with Crippen LogP contribution in [-0.2, 0) is 33.4 Å². The highest BCUT2D eigenvalue weighted by Gasteiger charge is 2.26. The summed E-state index contributed by atoms with van der Waals surface area (Å²) in [6.45, 7) is 1.53. The maximum Gasteiger partial charge on any atom is 0.328 e. The van der Waals surface area contributed by atoms with E-state index in [1.165, 1.54) is 28.3 Å². The maximum atomic E-state index is 11.9. The van der Waals surface area contributed by atoms with Crippen LogP contribution in [0.1, 0.15) is 26.2 Å². The van der Waals surface area contributed by atoms with E-state index in [4.69, 9.17) is 0 Å². The maximum absolute atomic E-state index is 11.9. The second-order valence-corrected chi connectivity index (χ2v) is 4.38. The van der Waals surface area contributed by atoms with Crippen LogP contribution in [-0.4, -0.2) is 51.2 Å². The Bertz CT molecular complexity index is 394. The van der Waals surface area contributed by atoms with Gasteiger partial charge in [-0.25, -0.2) is 4.79 Å². The summed E-state index contributed by atoms with van der Waals surface area (Å²) in [6, 6.07) is -0.971. The van der Waals surface area contributed by atoms with Crippen LogP contribution in [0.2, 0.25) is 0 Å². The van der Waals surface area contributed by atoms with Gasteiger partial charge in [0.2, 0.25) is 5.91 Å². The smallest absolute Gasteiger partial charge is 0.328 e. The largest absolute Gasteiger partial charge is 0.469 e. The second-order valence-electron chi connectivity index (χ2n) is 4.38. The molecule has 21 heavy (non-hydrogen) atoms. The highest BCUT2D eigenvalue weighted by molar-refractivity contribution is 5.88. The normalized spacial score (nSPS) is 12.8. The van der Waals surface area contributed by atoms with Crippen LogP contribution in [0.15, 0.2) is 0 Å². The van der Waals surface area contributed by atoms with Crippen molar-refractivity contribution in [1.29, 1.82) is 0 Å². The summed E-state index contributed by atoms with van der Waals surface area (Å²) in [6.07, 6.45) is -0.0921. The first-order chi connectivity index (χ1) is 9.85. The van der Waals surface area contributed by atoms with Crippen molar-refractivity contribution in [2.24, 2.45) is 5.92 Å². The molecule has 0 aromatic rings. The zero-order valence-electron chi connectivity index (χ0n) is 12.6. The summed E-state index contributed by atoms with van der Waals surface area (Å²) in [5.41, 5.74) is 0. The molecule has 0 heterocycles. The number of hydrogen-bond acceptors (Lipinski definition) is 7. The van der Waals surface area contributed by atoms with Crippen molar-refractivity contribution in [3.63, 3.8) is 0 Å². The predicted octanol–water partition coefficient (Wildman–Crippen LogP) is -0.203. The van der Waals surface area contributed by atoms with Crippen LogP contribution in [0.25, 0.3) is 0 Å². The molecule has 120 valence electrons. The molecule has 1 amide bonds. The third kappa shape index (κ3) is 7.28. The van der Waals surface area contributed by atoms with E-state index in [0.29, 0.717) is 0 Å². The van der Waals surface area contributed by atoms with Gasteiger partial charge in [-0.05, 0) is 6.42 Å². The molecule has 0 saturated heterocycles. The Balaban J connectivity index is 4.58. The van der Waals surface area contributed by atoms with E-state index >= 15 is 0 Å². The van der Waals surface area contributed by atoms with Crippen LogP contribution in [0.4, 0.5) is 0 Å². The van der Waals surface area contributed by atoms with Crippen LogP contribution in [0.5, 0.6) is 0 Å². The van der Waals surface area contributed by atoms with Crippen LogP contribution in [0, 0.1) is 5.92 Å². The number of carbonyl (C=O) groups is 4. The third-order valence-corrected chi connectivity index (χ3v) is 2.82. The summed E-state index contributed by atoms with van der Waals surface area (Å²) in [5, 5.41) is 2.45. The van der Waals surface area contributed by atoms with Crippen LogP contribution < -0.4 is 5.32 Å². The first kappa shape index (κ1) is 18.9. The number of methoxy groups -OCH3 is 3. The fraction of sp³-hybridized carbons (Fsp3) is 0.692. The molecule has 8 nitrogen and oxygen atoms in total. The average Bonchev–Trinajstić information content (AvgIpc) is 2.49. The van der Waals surface area contributed by atoms with Crippen molar-refractivity contribution in [2.75, 3.05) is 21.3 Å². The molecule has 0 fully saturated rings. The lowest BCUT2D eigenvalue weighted by molar-refractivity contribution is -0.147. The summed E-state index contributed by atoms with van der Waals surface area (Å²) in [7, 11) is 3.63. The molecular formula is C13H21NO7. The number of rotatable bonds is 8. The summed E-state index contributed by atoms with van der Waals surface area (Å²) in [5.74, 6) is -2.86. The molecule has 0 saturated carbocycles. The van der Waals surface area contributed by atoms with Gasteiger partial charge in [0.15, 0.2) is 0 Å². The minimum Gasteiger partial charge on any atom is -0.469 e. The van der Waals surface area contributed by atoms with Crippen molar-refractivity contribution in [2.45, 2.75) is 32.2 Å². The number of esters is 3. The fourth-order valence-corrected chi connectivity index (χ4v) is 1.50. The molecule has 2 atom stereocenters. The molecule has 8 heteroatoms. The Labute approximate surface area is 123 Å². The molecule has 0 rings (SSSR count). The Hall–Kier alpha value is -2.12. The Morgan fingerprint density at radius 2 is 1.52 bits per heavy atom. The monoisotopic (exact) mass is 303 g/mol. The first-order valence-electron chi connectivity index (χ1n) is 6.37. The van der Waals surface area contributed by atoms with Crippen LogP contribution in [0.3, 0.4) is 0 Å². The molecule has 0 bridgehead atoms. The van der Waals surface area contributed by atoms with Gasteiger partial charge in [-0.2, -0.15) is 0 Å². The van der Waals surface area contributed by atoms with Gasteiger partial charge in [0, 0.05) is 12.3 Å². The van der Waals surface area contributed by atoms with Gasteiger partial charge in [0.25, 0.3) is 0 Å². The second kappa shape index (κ2) is 9.73. The quantitative estimate of drug-likeness (QED) is 0.488. The van der Waals surface area contributed by atoms with E-state index < -0.39 is 35.8 Å². The fourth-order valence-electron chi connectivity index (χ4n) is 1.50. The van der Waals surface area contributed by atoms with E-state index in [2.05, 4.69) is 19.5 Å². The van der Waals surface area contributed by atoms with E-state index in [-0.39, 0.29) is 19.3 Å². The number of hydrogen-bond donors (Lipinski definition) is 1. The van der Waals surface area contributed by atoms with Gasteiger partial charge in [-0.3, -0.25) is 14.4 Å². The SMILES string of the molecule is COC(=O)CC[C@H](NC(=O)[C@H](C)CC(=O)OC)C(=O)OC. The molecule has 0 aliphatic carbocycles. The molecule has 0 unspecified atom stereocenters. The van der Waals surface area contributed by atoms with E-state index in [1.807, 2.05) is 0 Å². The zero-order chi connectivity index (χ0) is 16.4. The van der Waals surface area contributed by atoms with Crippen molar-refractivity contribution < 1.29 is 33.4 Å². The van der Waals surface area contributed by atoms with Gasteiger partial charge >= 0.3 is 17.9 Å². The summed E-state index contributed by atoms with van der Waals surface area (Å²) in [4.78, 5) is 45.6. The molecular weight excluding hydrogens is 282 g/mol. The molecule has 0 spiro atoms. The lowest BCUT2D eigenvalue weighted by Gasteiger charge is -2.18. The minimum atomic E-state index is -0.971. The third-order valence-electron chi connectivity index (χ3n) is 2.82. The highest BCUT2D eigenvalue weighted by Crippen LogP contribution is 2.07. The van der Waals surface area contributed by atoms with Crippen molar-refractivity contribution in [1.82, 2.24) is 5.32 Å². The minimum absolute atomic E-state index is 0.0398. The van der Waals surface area contributed by atoms with Crippen molar-refractivity contribution >= 4 is 23.8 Å². The number of carbonyl (C=O) groups excluding carboxylic acids is 4. The predicted molar refractivity (Wildman–Crippen MR) is 71.0 cm³/mol. The van der Waals surface area contributed by atoms with Gasteiger partial charge in [0.1, 0.15) is 6.04 Å². The Morgan fingerprint density at radius 3 is 2.00 bits per heavy atom. The number of amides is 1. The zero-order valence-corrected chi connectivity index (χ0v) is 12.6. The number of ether oxygens (including phenoxy) is 3. The van der Waals surface area contributed by atoms with E-state index in [9.17, 15) is 19.2 Å². The van der Waals surface area contributed by atoms with Gasteiger partial charge in [0.05, 0.1) is 27.8 Å². The summed E-state index contributed by atoms with van der Waals surface area (Å²) < 4.78 is 13.5. The van der Waals surface area contributed by atoms with Crippen LogP contribution >= 0.6 is 0 Å². The Kier molecular flexibility index (Phi) is 8.75. The number of nitrogens with one attached hydrogen (secondary N) is 1. The van der Waals surface area contributed by atoms with E-state index in [1.54, 1.807) is 0 Å².